The van der Waals surface area contributed by atoms with Crippen LogP contribution in [0.5, 0.6) is 5.75 Å². The molecule has 8 heteroatoms. The number of carbonyl (C=O) groups excluding carboxylic acids is 1. The van der Waals surface area contributed by atoms with Gasteiger partial charge in [-0.2, -0.15) is 8.42 Å². The van der Waals surface area contributed by atoms with Crippen molar-refractivity contribution in [3.05, 3.63) is 24.3 Å². The average molecular weight is 274 g/mol. The Morgan fingerprint density at radius 1 is 1.39 bits per heavy atom. The zero-order chi connectivity index (χ0) is 13.8. The van der Waals surface area contributed by atoms with E-state index in [0.717, 1.165) is 0 Å². The summed E-state index contributed by atoms with van der Waals surface area (Å²) in [5.41, 5.74) is 0.125. The largest absolute Gasteiger partial charge is 0.508 e. The van der Waals surface area contributed by atoms with Gasteiger partial charge >= 0.3 is 16.3 Å². The quantitative estimate of drug-likeness (QED) is 0.764. The first kappa shape index (κ1) is 14.1. The SMILES string of the molecule is CC(C)OC(=O)NS(=O)(=O)Nc1cccc(O)c1. The highest BCUT2D eigenvalue weighted by Crippen LogP contribution is 2.16. The molecular formula is C10H14N2O5S. The lowest BCUT2D eigenvalue weighted by atomic mass is 10.3. The van der Waals surface area contributed by atoms with Gasteiger partial charge in [0.1, 0.15) is 5.75 Å². The van der Waals surface area contributed by atoms with Crippen molar-refractivity contribution in [3.8, 4) is 5.75 Å². The third-order valence-corrected chi connectivity index (χ3v) is 2.60. The van der Waals surface area contributed by atoms with Crippen molar-refractivity contribution in [2.45, 2.75) is 20.0 Å². The lowest BCUT2D eigenvalue weighted by molar-refractivity contribution is 0.121. The van der Waals surface area contributed by atoms with E-state index in [1.54, 1.807) is 18.6 Å². The summed E-state index contributed by atoms with van der Waals surface area (Å²) in [6, 6.07) is 5.47. The molecule has 1 aromatic carbocycles. The van der Waals surface area contributed by atoms with Gasteiger partial charge in [-0.15, -0.1) is 0 Å². The van der Waals surface area contributed by atoms with E-state index < -0.39 is 22.4 Å². The van der Waals surface area contributed by atoms with Crippen molar-refractivity contribution in [1.29, 1.82) is 0 Å². The Bertz CT molecular complexity index is 527. The van der Waals surface area contributed by atoms with E-state index >= 15 is 0 Å². The molecule has 1 aromatic rings. The van der Waals surface area contributed by atoms with Gasteiger partial charge in [-0.3, -0.25) is 4.72 Å². The summed E-state index contributed by atoms with van der Waals surface area (Å²) in [5.74, 6) is -0.0973. The van der Waals surface area contributed by atoms with Crippen molar-refractivity contribution in [2.24, 2.45) is 0 Å². The average Bonchev–Trinajstić information content (AvgIpc) is 2.13. The monoisotopic (exact) mass is 274 g/mol. The first-order valence-corrected chi connectivity index (χ1v) is 6.57. The number of phenolic OH excluding ortho intramolecular Hbond substituents is 1. The van der Waals surface area contributed by atoms with Crippen LogP contribution in [0.15, 0.2) is 24.3 Å². The third-order valence-electron chi connectivity index (χ3n) is 1.66. The van der Waals surface area contributed by atoms with Crippen LogP contribution < -0.4 is 9.44 Å². The van der Waals surface area contributed by atoms with Gasteiger partial charge in [0.2, 0.25) is 0 Å². The molecular weight excluding hydrogens is 260 g/mol. The summed E-state index contributed by atoms with van der Waals surface area (Å²) < 4.78 is 31.4. The maximum atomic E-state index is 11.5. The summed E-state index contributed by atoms with van der Waals surface area (Å²) in [5, 5.41) is 9.16. The Morgan fingerprint density at radius 2 is 2.06 bits per heavy atom. The minimum Gasteiger partial charge on any atom is -0.508 e. The Balaban J connectivity index is 2.68. The molecule has 0 fully saturated rings. The standard InChI is InChI=1S/C10H14N2O5S/c1-7(2)17-10(14)12-18(15,16)11-8-4-3-5-9(13)6-8/h3-7,11,13H,1-2H3,(H,12,14). The molecule has 1 rings (SSSR count). The van der Waals surface area contributed by atoms with E-state index in [0.29, 0.717) is 0 Å². The second kappa shape index (κ2) is 5.58. The van der Waals surface area contributed by atoms with Gasteiger partial charge in [0, 0.05) is 6.07 Å². The predicted molar refractivity (Wildman–Crippen MR) is 65.4 cm³/mol. The second-order valence-electron chi connectivity index (χ2n) is 3.71. The van der Waals surface area contributed by atoms with Crippen LogP contribution in [0.1, 0.15) is 13.8 Å². The molecule has 0 unspecified atom stereocenters. The number of rotatable bonds is 4. The molecule has 1 amide bonds. The van der Waals surface area contributed by atoms with E-state index in [-0.39, 0.29) is 11.4 Å². The van der Waals surface area contributed by atoms with Crippen LogP contribution in [-0.2, 0) is 14.9 Å². The molecule has 0 aliphatic rings. The van der Waals surface area contributed by atoms with Crippen LogP contribution in [0.4, 0.5) is 10.5 Å². The van der Waals surface area contributed by atoms with Crippen LogP contribution in [0, 0.1) is 0 Å². The second-order valence-corrected chi connectivity index (χ2v) is 5.13. The molecule has 0 aliphatic heterocycles. The van der Waals surface area contributed by atoms with Gasteiger partial charge in [-0.05, 0) is 26.0 Å². The minimum atomic E-state index is -4.08. The molecule has 0 aromatic heterocycles. The summed E-state index contributed by atoms with van der Waals surface area (Å²) in [6.45, 7) is 3.18. The normalized spacial score (nSPS) is 11.1. The summed E-state index contributed by atoms with van der Waals surface area (Å²) >= 11 is 0. The molecule has 0 atom stereocenters. The topological polar surface area (TPSA) is 105 Å². The maximum Gasteiger partial charge on any atom is 0.422 e. The lowest BCUT2D eigenvalue weighted by Crippen LogP contribution is -2.36. The number of ether oxygens (including phenoxy) is 1. The van der Waals surface area contributed by atoms with Crippen LogP contribution in [0.2, 0.25) is 0 Å². The predicted octanol–water partition coefficient (Wildman–Crippen LogP) is 1.18. The molecule has 0 radical (unpaired) electrons. The van der Waals surface area contributed by atoms with Gasteiger partial charge in [-0.25, -0.2) is 9.52 Å². The van der Waals surface area contributed by atoms with Crippen molar-refractivity contribution < 1.29 is 23.1 Å². The van der Waals surface area contributed by atoms with Crippen LogP contribution in [-0.4, -0.2) is 25.7 Å². The number of amides is 1. The number of phenols is 1. The zero-order valence-corrected chi connectivity index (χ0v) is 10.7. The number of carbonyl (C=O) groups is 1. The number of hydrogen-bond donors (Lipinski definition) is 3. The van der Waals surface area contributed by atoms with Gasteiger partial charge in [-0.1, -0.05) is 6.07 Å². The Labute approximate surface area is 105 Å². The Morgan fingerprint density at radius 3 is 2.61 bits per heavy atom. The number of aromatic hydroxyl groups is 1. The van der Waals surface area contributed by atoms with Gasteiger partial charge in [0.25, 0.3) is 0 Å². The maximum absolute atomic E-state index is 11.5. The fraction of sp³-hybridized carbons (Fsp3) is 0.300. The third kappa shape index (κ3) is 4.91. The Hall–Kier alpha value is -1.96. The molecule has 0 heterocycles. The van der Waals surface area contributed by atoms with E-state index in [1.807, 2.05) is 0 Å². The van der Waals surface area contributed by atoms with Gasteiger partial charge in [0.15, 0.2) is 0 Å². The molecule has 7 nitrogen and oxygen atoms in total. The van der Waals surface area contributed by atoms with Crippen molar-refractivity contribution in [2.75, 3.05) is 4.72 Å². The minimum absolute atomic E-state index is 0.0973. The molecule has 0 aliphatic carbocycles. The smallest absolute Gasteiger partial charge is 0.422 e. The van der Waals surface area contributed by atoms with E-state index in [2.05, 4.69) is 9.46 Å². The van der Waals surface area contributed by atoms with Crippen LogP contribution in [0.25, 0.3) is 0 Å². The summed E-state index contributed by atoms with van der Waals surface area (Å²) in [7, 11) is -4.08. The lowest BCUT2D eigenvalue weighted by Gasteiger charge is -2.11. The fourth-order valence-corrected chi connectivity index (χ4v) is 1.85. The molecule has 3 N–H and O–H groups in total. The summed E-state index contributed by atoms with van der Waals surface area (Å²) in [6.07, 6.45) is -1.50. The van der Waals surface area contributed by atoms with E-state index in [1.165, 1.54) is 24.3 Å². The van der Waals surface area contributed by atoms with Gasteiger partial charge in [0.05, 0.1) is 11.8 Å². The highest BCUT2D eigenvalue weighted by Gasteiger charge is 2.16. The summed E-state index contributed by atoms with van der Waals surface area (Å²) in [4.78, 5) is 11.1. The Kier molecular flexibility index (Phi) is 4.38. The van der Waals surface area contributed by atoms with Crippen molar-refractivity contribution >= 4 is 22.0 Å². The molecule has 18 heavy (non-hydrogen) atoms. The van der Waals surface area contributed by atoms with E-state index in [9.17, 15) is 13.2 Å². The highest BCUT2D eigenvalue weighted by atomic mass is 32.2. The first-order valence-electron chi connectivity index (χ1n) is 5.09. The molecule has 0 spiro atoms. The fourth-order valence-electron chi connectivity index (χ4n) is 1.10. The highest BCUT2D eigenvalue weighted by molar-refractivity contribution is 7.91. The first-order chi connectivity index (χ1) is 8.28. The molecule has 100 valence electrons. The van der Waals surface area contributed by atoms with Crippen molar-refractivity contribution in [3.63, 3.8) is 0 Å². The van der Waals surface area contributed by atoms with Gasteiger partial charge < -0.3 is 9.84 Å². The number of hydrogen-bond acceptors (Lipinski definition) is 5. The molecule has 0 saturated carbocycles. The number of anilines is 1. The number of benzene rings is 1. The molecule has 0 bridgehead atoms. The van der Waals surface area contributed by atoms with Crippen LogP contribution >= 0.6 is 0 Å². The van der Waals surface area contributed by atoms with Crippen LogP contribution in [0.3, 0.4) is 0 Å². The molecule has 0 saturated heterocycles. The number of nitrogens with one attached hydrogen (secondary N) is 2. The zero-order valence-electron chi connectivity index (χ0n) is 9.88. The van der Waals surface area contributed by atoms with E-state index in [4.69, 9.17) is 5.11 Å². The van der Waals surface area contributed by atoms with Crippen molar-refractivity contribution in [1.82, 2.24) is 4.72 Å².